The zero-order valence-electron chi connectivity index (χ0n) is 15.8. The highest BCUT2D eigenvalue weighted by Crippen LogP contribution is 2.23. The summed E-state index contributed by atoms with van der Waals surface area (Å²) in [6, 6.07) is 17.5. The van der Waals surface area contributed by atoms with Crippen molar-refractivity contribution in [3.8, 4) is 17.1 Å². The van der Waals surface area contributed by atoms with Gasteiger partial charge in [-0.1, -0.05) is 12.1 Å². The van der Waals surface area contributed by atoms with Gasteiger partial charge in [-0.05, 0) is 55.5 Å². The van der Waals surface area contributed by atoms with Gasteiger partial charge in [0, 0.05) is 23.1 Å². The normalized spacial score (nSPS) is 11.5. The Labute approximate surface area is 167 Å². The van der Waals surface area contributed by atoms with Crippen LogP contribution in [0.15, 0.2) is 71.7 Å². The summed E-state index contributed by atoms with van der Waals surface area (Å²) < 4.78 is 26.8. The van der Waals surface area contributed by atoms with E-state index in [2.05, 4.69) is 9.71 Å². The van der Waals surface area contributed by atoms with E-state index in [0.717, 1.165) is 11.9 Å². The highest BCUT2D eigenvalue weighted by atomic mass is 32.2. The number of hydrogen-bond acceptors (Lipinski definition) is 5. The first kappa shape index (κ1) is 18.8. The first-order chi connectivity index (χ1) is 13.8. The van der Waals surface area contributed by atoms with Gasteiger partial charge in [-0.3, -0.25) is 19.1 Å². The summed E-state index contributed by atoms with van der Waals surface area (Å²) in [5.74, 6) is 0.463. The zero-order valence-corrected chi connectivity index (χ0v) is 16.6. The van der Waals surface area contributed by atoms with Gasteiger partial charge < -0.3 is 0 Å². The van der Waals surface area contributed by atoms with E-state index in [-0.39, 0.29) is 5.56 Å². The van der Waals surface area contributed by atoms with Gasteiger partial charge in [0.25, 0.3) is 5.56 Å². The maximum atomic E-state index is 13.3. The molecule has 0 saturated carbocycles. The number of para-hydroxylation sites is 1. The van der Waals surface area contributed by atoms with E-state index in [1.54, 1.807) is 48.7 Å². The summed E-state index contributed by atoms with van der Waals surface area (Å²) in [4.78, 5) is 22.3. The van der Waals surface area contributed by atoms with Crippen molar-refractivity contribution in [3.05, 3.63) is 82.9 Å². The van der Waals surface area contributed by atoms with Crippen LogP contribution >= 0.6 is 0 Å². The molecule has 146 valence electrons. The van der Waals surface area contributed by atoms with E-state index in [1.165, 1.54) is 4.57 Å². The molecule has 0 aliphatic carbocycles. The fourth-order valence-corrected chi connectivity index (χ4v) is 3.62. The monoisotopic (exact) mass is 406 g/mol. The van der Waals surface area contributed by atoms with Crippen molar-refractivity contribution in [1.29, 1.82) is 0 Å². The molecule has 2 heterocycles. The van der Waals surface area contributed by atoms with Gasteiger partial charge in [0.15, 0.2) is 0 Å². The number of aryl methyl sites for hydroxylation is 1. The Morgan fingerprint density at radius 1 is 0.966 bits per heavy atom. The van der Waals surface area contributed by atoms with Gasteiger partial charge in [-0.25, -0.2) is 13.4 Å². The molecule has 0 atom stereocenters. The predicted molar refractivity (Wildman–Crippen MR) is 114 cm³/mol. The average molecular weight is 406 g/mol. The number of hydrogen-bond donors (Lipinski definition) is 1. The van der Waals surface area contributed by atoms with Crippen LogP contribution < -0.4 is 10.3 Å². The van der Waals surface area contributed by atoms with Crippen LogP contribution in [0, 0.1) is 6.92 Å². The highest BCUT2D eigenvalue weighted by molar-refractivity contribution is 7.92. The maximum Gasteiger partial charge on any atom is 0.266 e. The second kappa shape index (κ2) is 7.14. The number of aromatic nitrogens is 3. The number of pyridine rings is 1. The second-order valence-corrected chi connectivity index (χ2v) is 8.45. The maximum absolute atomic E-state index is 13.3. The Morgan fingerprint density at radius 2 is 1.69 bits per heavy atom. The molecule has 0 aliphatic heterocycles. The summed E-state index contributed by atoms with van der Waals surface area (Å²) in [6.07, 6.45) is 2.77. The van der Waals surface area contributed by atoms with Crippen LogP contribution in [0.25, 0.3) is 28.0 Å². The fourth-order valence-electron chi connectivity index (χ4n) is 3.06. The molecule has 7 nitrogen and oxygen atoms in total. The average Bonchev–Trinajstić information content (AvgIpc) is 2.68. The van der Waals surface area contributed by atoms with Crippen molar-refractivity contribution in [3.63, 3.8) is 0 Å². The van der Waals surface area contributed by atoms with Crippen molar-refractivity contribution in [1.82, 2.24) is 14.5 Å². The summed E-state index contributed by atoms with van der Waals surface area (Å²) in [5, 5.41) is 0.495. The molecule has 0 radical (unpaired) electrons. The SMILES string of the molecule is Cc1ccc(-c2nc3ccccc3c(=O)n2-c2ccc(NS(C)(=O)=O)cc2)cn1. The van der Waals surface area contributed by atoms with Gasteiger partial charge in [0.1, 0.15) is 5.82 Å². The third-order valence-electron chi connectivity index (χ3n) is 4.37. The van der Waals surface area contributed by atoms with Crippen LogP contribution in [0.3, 0.4) is 0 Å². The third-order valence-corrected chi connectivity index (χ3v) is 4.98. The largest absolute Gasteiger partial charge is 0.284 e. The van der Waals surface area contributed by atoms with Crippen molar-refractivity contribution in [2.45, 2.75) is 6.92 Å². The minimum absolute atomic E-state index is 0.213. The molecule has 4 aromatic rings. The number of rotatable bonds is 4. The lowest BCUT2D eigenvalue weighted by atomic mass is 10.2. The van der Waals surface area contributed by atoms with Crippen molar-refractivity contribution < 1.29 is 8.42 Å². The van der Waals surface area contributed by atoms with Crippen LogP contribution in [-0.2, 0) is 10.0 Å². The molecular formula is C21H18N4O3S. The first-order valence-electron chi connectivity index (χ1n) is 8.85. The van der Waals surface area contributed by atoms with Crippen molar-refractivity contribution in [2.75, 3.05) is 11.0 Å². The van der Waals surface area contributed by atoms with E-state index in [0.29, 0.717) is 33.7 Å². The lowest BCUT2D eigenvalue weighted by molar-refractivity contribution is 0.607. The Morgan fingerprint density at radius 3 is 2.34 bits per heavy atom. The number of nitrogens with zero attached hydrogens (tertiary/aromatic N) is 3. The lowest BCUT2D eigenvalue weighted by Gasteiger charge is -2.14. The molecule has 1 N–H and O–H groups in total. The molecular weight excluding hydrogens is 388 g/mol. The molecule has 0 unspecified atom stereocenters. The van der Waals surface area contributed by atoms with Crippen LogP contribution in [0.1, 0.15) is 5.69 Å². The summed E-state index contributed by atoms with van der Waals surface area (Å²) in [7, 11) is -3.39. The summed E-state index contributed by atoms with van der Waals surface area (Å²) in [5.41, 5.74) is 2.94. The molecule has 0 saturated heterocycles. The molecule has 0 aliphatic rings. The third kappa shape index (κ3) is 3.88. The van der Waals surface area contributed by atoms with E-state index < -0.39 is 10.0 Å². The van der Waals surface area contributed by atoms with Crippen LogP contribution in [-0.4, -0.2) is 29.2 Å². The number of nitrogens with one attached hydrogen (secondary N) is 1. The lowest BCUT2D eigenvalue weighted by Crippen LogP contribution is -2.22. The minimum atomic E-state index is -3.39. The molecule has 0 fully saturated rings. The second-order valence-electron chi connectivity index (χ2n) is 6.70. The van der Waals surface area contributed by atoms with Gasteiger partial charge >= 0.3 is 0 Å². The molecule has 2 aromatic carbocycles. The number of sulfonamides is 1. The van der Waals surface area contributed by atoms with Crippen LogP contribution in [0.5, 0.6) is 0 Å². The van der Waals surface area contributed by atoms with E-state index >= 15 is 0 Å². The molecule has 0 spiro atoms. The zero-order chi connectivity index (χ0) is 20.6. The Kier molecular flexibility index (Phi) is 4.63. The quantitative estimate of drug-likeness (QED) is 0.562. The van der Waals surface area contributed by atoms with Crippen molar-refractivity contribution in [2.24, 2.45) is 0 Å². The topological polar surface area (TPSA) is 94.0 Å². The fraction of sp³-hybridized carbons (Fsp3) is 0.0952. The van der Waals surface area contributed by atoms with Gasteiger partial charge in [-0.2, -0.15) is 0 Å². The van der Waals surface area contributed by atoms with Crippen LogP contribution in [0.2, 0.25) is 0 Å². The number of benzene rings is 2. The number of fused-ring (bicyclic) bond motifs is 1. The predicted octanol–water partition coefficient (Wildman–Crippen LogP) is 3.13. The standard InChI is InChI=1S/C21H18N4O3S/c1-14-7-8-15(13-22-14)20-23-19-6-4-3-5-18(19)21(26)25(20)17-11-9-16(10-12-17)24-29(2,27)28/h3-13,24H,1-2H3. The molecule has 0 amide bonds. The van der Waals surface area contributed by atoms with E-state index in [4.69, 9.17) is 4.98 Å². The molecule has 4 rings (SSSR count). The Balaban J connectivity index is 1.95. The number of anilines is 1. The minimum Gasteiger partial charge on any atom is -0.284 e. The molecule has 29 heavy (non-hydrogen) atoms. The highest BCUT2D eigenvalue weighted by Gasteiger charge is 2.15. The Hall–Kier alpha value is -3.52. The van der Waals surface area contributed by atoms with Gasteiger partial charge in [0.05, 0.1) is 22.8 Å². The molecule has 0 bridgehead atoms. The molecule has 8 heteroatoms. The van der Waals surface area contributed by atoms with Crippen molar-refractivity contribution >= 4 is 26.6 Å². The molecule has 2 aromatic heterocycles. The van der Waals surface area contributed by atoms with Gasteiger partial charge in [0.2, 0.25) is 10.0 Å². The first-order valence-corrected chi connectivity index (χ1v) is 10.7. The smallest absolute Gasteiger partial charge is 0.266 e. The van der Waals surface area contributed by atoms with Crippen LogP contribution in [0.4, 0.5) is 5.69 Å². The van der Waals surface area contributed by atoms with E-state index in [1.807, 2.05) is 25.1 Å². The Bertz CT molecular complexity index is 1360. The van der Waals surface area contributed by atoms with Gasteiger partial charge in [-0.15, -0.1) is 0 Å². The van der Waals surface area contributed by atoms with E-state index in [9.17, 15) is 13.2 Å². The summed E-state index contributed by atoms with van der Waals surface area (Å²) >= 11 is 0. The summed E-state index contributed by atoms with van der Waals surface area (Å²) in [6.45, 7) is 1.89.